The predicted molar refractivity (Wildman–Crippen MR) is 189 cm³/mol. The molecule has 0 saturated heterocycles. The Bertz CT molecular complexity index is 1210. The van der Waals surface area contributed by atoms with Crippen LogP contribution in [0.1, 0.15) is 149 Å². The van der Waals surface area contributed by atoms with Crippen molar-refractivity contribution in [3.8, 4) is 11.5 Å². The number of amides is 4. The number of aryl methyl sites for hydroxylation is 2. The third kappa shape index (κ3) is 14.0. The standard InChI is InChI=1S/C38H58N4O6/c1-5-9-11-13-17-27-21-23-31(33(43)25-27)37(47)41-39-35(45)29(7-3)19-15-16-20-30(8-4)36(46)40-42-38(48)32-24-22-28(26-34(32)44)18-14-12-10-6-2/h21-26,29-30,43-44H,5-20H2,1-4H3,(H,39,45)(H,40,46)(H,41,47)(H,42,48). The molecule has 0 aliphatic carbocycles. The molecule has 2 unspecified atom stereocenters. The van der Waals surface area contributed by atoms with Crippen molar-refractivity contribution in [2.45, 2.75) is 130 Å². The van der Waals surface area contributed by atoms with Gasteiger partial charge in [0.2, 0.25) is 11.8 Å². The number of aromatic hydroxyl groups is 2. The summed E-state index contributed by atoms with van der Waals surface area (Å²) in [5.41, 5.74) is 12.0. The predicted octanol–water partition coefficient (Wildman–Crippen LogP) is 7.18. The first-order chi connectivity index (χ1) is 23.1. The zero-order valence-corrected chi connectivity index (χ0v) is 29.5. The molecule has 10 nitrogen and oxygen atoms in total. The van der Waals surface area contributed by atoms with E-state index in [4.69, 9.17) is 0 Å². The molecule has 10 heteroatoms. The molecular weight excluding hydrogens is 608 g/mol. The largest absolute Gasteiger partial charge is 0.507 e. The number of hydrogen-bond acceptors (Lipinski definition) is 6. The number of carbonyl (C=O) groups excluding carboxylic acids is 4. The molecule has 2 aromatic rings. The minimum atomic E-state index is -0.581. The van der Waals surface area contributed by atoms with Crippen molar-refractivity contribution in [1.82, 2.24) is 21.7 Å². The molecule has 0 fully saturated rings. The number of carbonyl (C=O) groups is 4. The van der Waals surface area contributed by atoms with Crippen LogP contribution in [-0.2, 0) is 22.4 Å². The van der Waals surface area contributed by atoms with Crippen LogP contribution in [0.5, 0.6) is 11.5 Å². The first kappa shape index (κ1) is 40.1. The van der Waals surface area contributed by atoms with Gasteiger partial charge in [0.1, 0.15) is 11.5 Å². The summed E-state index contributed by atoms with van der Waals surface area (Å²) in [5, 5.41) is 20.7. The van der Waals surface area contributed by atoms with Gasteiger partial charge in [-0.15, -0.1) is 0 Å². The molecule has 0 radical (unpaired) electrons. The summed E-state index contributed by atoms with van der Waals surface area (Å²) >= 11 is 0. The lowest BCUT2D eigenvalue weighted by Crippen LogP contribution is -2.44. The molecule has 48 heavy (non-hydrogen) atoms. The molecule has 2 atom stereocenters. The SMILES string of the molecule is CCCCCCc1ccc(C(=O)NNC(=O)C(CC)CCCCC(CC)C(=O)NNC(=O)c2ccc(CCCCCC)cc2O)c(O)c1. The average molecular weight is 667 g/mol. The van der Waals surface area contributed by atoms with Crippen molar-refractivity contribution in [3.05, 3.63) is 58.7 Å². The second kappa shape index (κ2) is 22.5. The average Bonchev–Trinajstić information content (AvgIpc) is 3.08. The number of phenols is 2. The minimum Gasteiger partial charge on any atom is -0.507 e. The Balaban J connectivity index is 1.74. The molecule has 0 spiro atoms. The third-order valence-electron chi connectivity index (χ3n) is 8.93. The lowest BCUT2D eigenvalue weighted by Gasteiger charge is -2.18. The molecule has 0 aliphatic rings. The van der Waals surface area contributed by atoms with Crippen molar-refractivity contribution in [3.63, 3.8) is 0 Å². The van der Waals surface area contributed by atoms with E-state index in [1.807, 2.05) is 26.0 Å². The van der Waals surface area contributed by atoms with E-state index in [2.05, 4.69) is 35.6 Å². The van der Waals surface area contributed by atoms with E-state index in [-0.39, 0.29) is 46.3 Å². The van der Waals surface area contributed by atoms with Gasteiger partial charge in [-0.1, -0.05) is 91.2 Å². The van der Waals surface area contributed by atoms with Crippen LogP contribution in [0.15, 0.2) is 36.4 Å². The van der Waals surface area contributed by atoms with Gasteiger partial charge in [0, 0.05) is 11.8 Å². The maximum Gasteiger partial charge on any atom is 0.273 e. The van der Waals surface area contributed by atoms with E-state index in [1.54, 1.807) is 24.3 Å². The van der Waals surface area contributed by atoms with Crippen molar-refractivity contribution < 1.29 is 29.4 Å². The summed E-state index contributed by atoms with van der Waals surface area (Å²) in [6.45, 7) is 8.12. The third-order valence-corrected chi connectivity index (χ3v) is 8.93. The van der Waals surface area contributed by atoms with Crippen LogP contribution >= 0.6 is 0 Å². The molecular formula is C38H58N4O6. The highest BCUT2D eigenvalue weighted by atomic mass is 16.3. The first-order valence-electron chi connectivity index (χ1n) is 18.0. The Kier molecular flexibility index (Phi) is 18.8. The molecule has 266 valence electrons. The molecule has 2 aromatic carbocycles. The van der Waals surface area contributed by atoms with Gasteiger partial charge in [0.05, 0.1) is 11.1 Å². The molecule has 0 aliphatic heterocycles. The number of rotatable bonds is 21. The fourth-order valence-corrected chi connectivity index (χ4v) is 5.76. The second-order valence-electron chi connectivity index (χ2n) is 12.7. The summed E-state index contributed by atoms with van der Waals surface area (Å²) in [6, 6.07) is 10.0. The lowest BCUT2D eigenvalue weighted by atomic mass is 9.94. The van der Waals surface area contributed by atoms with Crippen molar-refractivity contribution in [2.75, 3.05) is 0 Å². The van der Waals surface area contributed by atoms with Gasteiger partial charge >= 0.3 is 0 Å². The summed E-state index contributed by atoms with van der Waals surface area (Å²) in [4.78, 5) is 50.8. The highest BCUT2D eigenvalue weighted by molar-refractivity contribution is 5.98. The van der Waals surface area contributed by atoms with E-state index in [0.29, 0.717) is 38.5 Å². The van der Waals surface area contributed by atoms with Gasteiger partial charge in [-0.05, 0) is 86.8 Å². The van der Waals surface area contributed by atoms with Crippen LogP contribution in [-0.4, -0.2) is 33.8 Å². The van der Waals surface area contributed by atoms with Gasteiger partial charge < -0.3 is 10.2 Å². The van der Waals surface area contributed by atoms with Crippen molar-refractivity contribution in [1.29, 1.82) is 0 Å². The van der Waals surface area contributed by atoms with Crippen LogP contribution in [0.4, 0.5) is 0 Å². The highest BCUT2D eigenvalue weighted by Gasteiger charge is 2.21. The summed E-state index contributed by atoms with van der Waals surface area (Å²) in [6.07, 6.45) is 14.4. The summed E-state index contributed by atoms with van der Waals surface area (Å²) < 4.78 is 0. The second-order valence-corrected chi connectivity index (χ2v) is 12.7. The first-order valence-corrected chi connectivity index (χ1v) is 18.0. The Labute approximate surface area is 286 Å². The molecule has 0 heterocycles. The maximum absolute atomic E-state index is 12.8. The summed E-state index contributed by atoms with van der Waals surface area (Å²) in [7, 11) is 0. The zero-order chi connectivity index (χ0) is 35.3. The Hall–Kier alpha value is -4.08. The van der Waals surface area contributed by atoms with Crippen LogP contribution in [0.3, 0.4) is 0 Å². The van der Waals surface area contributed by atoms with Gasteiger partial charge in [-0.25, -0.2) is 0 Å². The number of hydrogen-bond donors (Lipinski definition) is 6. The van der Waals surface area contributed by atoms with Gasteiger partial charge in [-0.3, -0.25) is 40.9 Å². The van der Waals surface area contributed by atoms with Crippen molar-refractivity contribution >= 4 is 23.6 Å². The van der Waals surface area contributed by atoms with Crippen molar-refractivity contribution in [2.24, 2.45) is 11.8 Å². The molecule has 2 rings (SSSR count). The number of unbranched alkanes of at least 4 members (excludes halogenated alkanes) is 7. The normalized spacial score (nSPS) is 12.2. The topological polar surface area (TPSA) is 157 Å². The van der Waals surface area contributed by atoms with E-state index < -0.39 is 11.8 Å². The fraction of sp³-hybridized carbons (Fsp3) is 0.579. The Morgan fingerprint density at radius 1 is 0.542 bits per heavy atom. The van der Waals surface area contributed by atoms with E-state index >= 15 is 0 Å². The monoisotopic (exact) mass is 666 g/mol. The zero-order valence-electron chi connectivity index (χ0n) is 29.5. The Morgan fingerprint density at radius 3 is 1.27 bits per heavy atom. The van der Waals surface area contributed by atoms with Crippen LogP contribution < -0.4 is 21.7 Å². The van der Waals surface area contributed by atoms with Gasteiger partial charge in [-0.2, -0.15) is 0 Å². The Morgan fingerprint density at radius 2 is 0.938 bits per heavy atom. The minimum absolute atomic E-state index is 0.101. The molecule has 0 aromatic heterocycles. The summed E-state index contributed by atoms with van der Waals surface area (Å²) in [5.74, 6) is -2.66. The van der Waals surface area contributed by atoms with Crippen LogP contribution in [0.25, 0.3) is 0 Å². The van der Waals surface area contributed by atoms with E-state index in [0.717, 1.165) is 62.5 Å². The maximum atomic E-state index is 12.8. The number of nitrogens with one attached hydrogen (secondary N) is 4. The molecule has 0 saturated carbocycles. The molecule has 6 N–H and O–H groups in total. The quantitative estimate of drug-likeness (QED) is 0.0612. The highest BCUT2D eigenvalue weighted by Crippen LogP contribution is 2.22. The lowest BCUT2D eigenvalue weighted by molar-refractivity contribution is -0.127. The van der Waals surface area contributed by atoms with Crippen LogP contribution in [0.2, 0.25) is 0 Å². The van der Waals surface area contributed by atoms with E-state index in [9.17, 15) is 29.4 Å². The van der Waals surface area contributed by atoms with Gasteiger partial charge in [0.25, 0.3) is 11.8 Å². The number of benzene rings is 2. The van der Waals surface area contributed by atoms with E-state index in [1.165, 1.54) is 12.8 Å². The fourth-order valence-electron chi connectivity index (χ4n) is 5.76. The molecule has 4 amide bonds. The number of phenolic OH excluding ortho intramolecular Hbond substituents is 2. The smallest absolute Gasteiger partial charge is 0.273 e. The molecule has 0 bridgehead atoms. The van der Waals surface area contributed by atoms with Gasteiger partial charge in [0.15, 0.2) is 0 Å². The van der Waals surface area contributed by atoms with Crippen LogP contribution in [0, 0.1) is 11.8 Å². The number of hydrazine groups is 2.